The number of oxazole rings is 1. The highest BCUT2D eigenvalue weighted by Crippen LogP contribution is 2.28. The lowest BCUT2D eigenvalue weighted by Gasteiger charge is -2.21. The van der Waals surface area contributed by atoms with E-state index in [9.17, 15) is 24.0 Å². The molecule has 2 aromatic carbocycles. The van der Waals surface area contributed by atoms with Crippen molar-refractivity contribution >= 4 is 40.1 Å². The van der Waals surface area contributed by atoms with Gasteiger partial charge in [0.25, 0.3) is 11.8 Å². The summed E-state index contributed by atoms with van der Waals surface area (Å²) in [6.45, 7) is 2.16. The smallest absolute Gasteiger partial charge is 0.329 e. The molecular formula is C37H41N7O8. The number of rotatable bonds is 17. The Labute approximate surface area is 298 Å². The van der Waals surface area contributed by atoms with Gasteiger partial charge in [0.05, 0.1) is 54.3 Å². The lowest BCUT2D eigenvalue weighted by atomic mass is 9.92. The molecule has 1 aliphatic rings. The quantitative estimate of drug-likeness (QED) is 0.106. The van der Waals surface area contributed by atoms with E-state index < -0.39 is 17.9 Å². The van der Waals surface area contributed by atoms with E-state index in [4.69, 9.17) is 19.6 Å². The van der Waals surface area contributed by atoms with Gasteiger partial charge in [-0.1, -0.05) is 24.3 Å². The van der Waals surface area contributed by atoms with Gasteiger partial charge in [-0.15, -0.1) is 0 Å². The number of ketones is 2. The van der Waals surface area contributed by atoms with E-state index in [0.29, 0.717) is 51.4 Å². The first-order valence-electron chi connectivity index (χ1n) is 17.3. The summed E-state index contributed by atoms with van der Waals surface area (Å²) >= 11 is 0. The van der Waals surface area contributed by atoms with Gasteiger partial charge in [0.2, 0.25) is 0 Å². The molecule has 3 N–H and O–H groups in total. The molecule has 0 radical (unpaired) electrons. The lowest BCUT2D eigenvalue weighted by Crippen LogP contribution is -2.34. The number of hydrogen-bond donors (Lipinski definition) is 2. The number of para-hydroxylation sites is 1. The maximum absolute atomic E-state index is 13.1. The molecule has 6 rings (SSSR count). The average molecular weight is 712 g/mol. The van der Waals surface area contributed by atoms with Crippen molar-refractivity contribution in [3.05, 3.63) is 94.3 Å². The number of nitrogens with zero attached hydrogens (tertiary/aromatic N) is 5. The number of aromatic nitrogens is 5. The maximum Gasteiger partial charge on any atom is 0.329 e. The number of carbonyl (C=O) groups is 4. The van der Waals surface area contributed by atoms with Crippen LogP contribution in [0.3, 0.4) is 0 Å². The summed E-state index contributed by atoms with van der Waals surface area (Å²) < 4.78 is 21.0. The molecule has 0 saturated heterocycles. The predicted octanol–water partition coefficient (Wildman–Crippen LogP) is 3.72. The molecule has 272 valence electrons. The molecule has 3 heterocycles. The van der Waals surface area contributed by atoms with Crippen LogP contribution in [0, 0.1) is 0 Å². The molecule has 0 spiro atoms. The van der Waals surface area contributed by atoms with Crippen LogP contribution < -0.4 is 16.7 Å². The molecule has 3 aromatic heterocycles. The van der Waals surface area contributed by atoms with E-state index in [1.165, 1.54) is 17.1 Å². The van der Waals surface area contributed by atoms with E-state index in [-0.39, 0.29) is 40.8 Å². The Bertz CT molecular complexity index is 2110. The van der Waals surface area contributed by atoms with Gasteiger partial charge < -0.3 is 24.9 Å². The number of nitrogens with two attached hydrogens (primary N) is 1. The number of imidazole rings is 1. The van der Waals surface area contributed by atoms with E-state index in [1.54, 1.807) is 16.2 Å². The zero-order chi connectivity index (χ0) is 36.6. The highest BCUT2D eigenvalue weighted by atomic mass is 16.5. The van der Waals surface area contributed by atoms with Crippen molar-refractivity contribution in [1.82, 2.24) is 23.9 Å². The number of fused-ring (bicyclic) bond motifs is 1. The summed E-state index contributed by atoms with van der Waals surface area (Å²) in [5.41, 5.74) is 9.78. The number of Topliss-reactive ketones (excluding diaryl/α,β-unsaturated/α-hetero) is 2. The highest BCUT2D eigenvalue weighted by molar-refractivity contribution is 6.07. The summed E-state index contributed by atoms with van der Waals surface area (Å²) in [4.78, 5) is 65.6. The largest absolute Gasteiger partial charge is 0.451 e. The van der Waals surface area contributed by atoms with Crippen LogP contribution in [-0.4, -0.2) is 73.7 Å². The number of carbonyl (C=O) groups excluding carboxylic acids is 4. The number of benzene rings is 2. The molecule has 1 fully saturated rings. The minimum absolute atomic E-state index is 0.0595. The Morgan fingerprint density at radius 3 is 2.46 bits per heavy atom. The van der Waals surface area contributed by atoms with Gasteiger partial charge in [-0.05, 0) is 67.9 Å². The summed E-state index contributed by atoms with van der Waals surface area (Å²) in [6, 6.07) is 12.9. The van der Waals surface area contributed by atoms with Crippen LogP contribution in [0.25, 0.3) is 16.7 Å². The Balaban J connectivity index is 0.879. The van der Waals surface area contributed by atoms with Gasteiger partial charge >= 0.3 is 5.69 Å². The summed E-state index contributed by atoms with van der Waals surface area (Å²) in [5.74, 6) is -1.59. The Hall–Kier alpha value is -5.67. The fraction of sp³-hybridized carbons (Fsp3) is 0.378. The second-order valence-corrected chi connectivity index (χ2v) is 12.7. The number of anilines is 1. The fourth-order valence-electron chi connectivity index (χ4n) is 6.48. The van der Waals surface area contributed by atoms with Crippen molar-refractivity contribution in [1.29, 1.82) is 0 Å². The van der Waals surface area contributed by atoms with Crippen LogP contribution in [-0.2, 0) is 39.0 Å². The Kier molecular flexibility index (Phi) is 11.5. The lowest BCUT2D eigenvalue weighted by molar-refractivity contribution is -0.132. The Morgan fingerprint density at radius 1 is 0.981 bits per heavy atom. The monoisotopic (exact) mass is 711 g/mol. The molecule has 1 atom stereocenters. The van der Waals surface area contributed by atoms with E-state index in [1.807, 2.05) is 42.5 Å². The van der Waals surface area contributed by atoms with Crippen molar-refractivity contribution in [2.24, 2.45) is 12.8 Å². The number of unbranched alkanes of at least 4 members (excludes halogenated alkanes) is 1. The minimum Gasteiger partial charge on any atom is -0.451 e. The van der Waals surface area contributed by atoms with Gasteiger partial charge in [-0.25, -0.2) is 14.5 Å². The first kappa shape index (κ1) is 36.1. The topological polar surface area (TPSA) is 196 Å². The molecule has 15 heteroatoms. The third kappa shape index (κ3) is 8.27. The molecule has 5 aromatic rings. The van der Waals surface area contributed by atoms with Crippen LogP contribution in [0.5, 0.6) is 0 Å². The summed E-state index contributed by atoms with van der Waals surface area (Å²) in [7, 11) is 1.72. The van der Waals surface area contributed by atoms with Crippen LogP contribution in [0.1, 0.15) is 76.7 Å². The van der Waals surface area contributed by atoms with Crippen LogP contribution >= 0.6 is 0 Å². The first-order chi connectivity index (χ1) is 25.2. The van der Waals surface area contributed by atoms with E-state index in [2.05, 4.69) is 15.4 Å². The predicted molar refractivity (Wildman–Crippen MR) is 190 cm³/mol. The van der Waals surface area contributed by atoms with E-state index >= 15 is 0 Å². The molecular weight excluding hydrogens is 670 g/mol. The van der Waals surface area contributed by atoms with Gasteiger partial charge in [0, 0.05) is 26.7 Å². The molecule has 1 unspecified atom stereocenters. The van der Waals surface area contributed by atoms with Crippen molar-refractivity contribution in [3.63, 3.8) is 0 Å². The Morgan fingerprint density at radius 2 is 1.75 bits per heavy atom. The SMILES string of the molecule is Cn1c(=O)n(C2CCC(=O)CC2=O)c2cccc(CCCOCCOCCCCc3ccc(-n4cc(NC(=O)c5cocn5)c(C(N)=O)n4)cc3)c21. The number of primary amides is 1. The normalized spacial score (nSPS) is 14.7. The van der Waals surface area contributed by atoms with Crippen LogP contribution in [0.2, 0.25) is 0 Å². The van der Waals surface area contributed by atoms with Gasteiger partial charge in [0.1, 0.15) is 12.0 Å². The number of amides is 2. The number of ether oxygens (including phenoxy) is 2. The van der Waals surface area contributed by atoms with Crippen LogP contribution in [0.4, 0.5) is 5.69 Å². The molecule has 52 heavy (non-hydrogen) atoms. The molecule has 0 bridgehead atoms. The molecule has 1 aliphatic carbocycles. The van der Waals surface area contributed by atoms with Gasteiger partial charge in [0.15, 0.2) is 23.6 Å². The zero-order valence-electron chi connectivity index (χ0n) is 28.9. The average Bonchev–Trinajstić information content (AvgIpc) is 3.88. The maximum atomic E-state index is 13.1. The molecule has 1 saturated carbocycles. The van der Waals surface area contributed by atoms with Crippen molar-refractivity contribution < 1.29 is 33.1 Å². The fourth-order valence-corrected chi connectivity index (χ4v) is 6.48. The van der Waals surface area contributed by atoms with Crippen molar-refractivity contribution in [2.75, 3.05) is 31.7 Å². The first-order valence-corrected chi connectivity index (χ1v) is 17.3. The van der Waals surface area contributed by atoms with Gasteiger partial charge in [-0.2, -0.15) is 5.10 Å². The third-order valence-corrected chi connectivity index (χ3v) is 9.11. The molecule has 2 amide bonds. The van der Waals surface area contributed by atoms with E-state index in [0.717, 1.165) is 54.2 Å². The number of aryl methyl sites for hydroxylation is 3. The minimum atomic E-state index is -0.775. The number of hydrogen-bond acceptors (Lipinski definition) is 10. The van der Waals surface area contributed by atoms with Gasteiger partial charge in [-0.3, -0.25) is 28.3 Å². The number of nitrogens with one attached hydrogen (secondary N) is 1. The second-order valence-electron chi connectivity index (χ2n) is 12.7. The van der Waals surface area contributed by atoms with Crippen molar-refractivity contribution in [3.8, 4) is 5.69 Å². The second kappa shape index (κ2) is 16.6. The molecule has 0 aliphatic heterocycles. The zero-order valence-corrected chi connectivity index (χ0v) is 28.9. The molecule has 15 nitrogen and oxygen atoms in total. The highest BCUT2D eigenvalue weighted by Gasteiger charge is 2.31. The van der Waals surface area contributed by atoms with Crippen LogP contribution in [0.15, 0.2) is 70.5 Å². The standard InChI is InChI=1S/C37H41N7O8/c1-42-34-25(7-4-9-31(34)44(37(42)49)30-15-14-27(45)20-32(30)46)8-5-17-51-19-18-50-16-3-2-6-24-10-12-26(13-11-24)43-21-28(33(41-43)35(38)47)40-36(48)29-22-52-23-39-29/h4,7,9-13,21-23,30H,2-3,5-6,8,14-20H2,1H3,(H2,38,47)(H,40,48). The summed E-state index contributed by atoms with van der Waals surface area (Å²) in [5, 5.41) is 6.84. The third-order valence-electron chi connectivity index (χ3n) is 9.11. The van der Waals surface area contributed by atoms with Crippen molar-refractivity contribution in [2.45, 2.75) is 57.4 Å². The summed E-state index contributed by atoms with van der Waals surface area (Å²) in [6.07, 6.45) is 8.59.